The molecule has 0 aromatic carbocycles. The van der Waals surface area contributed by atoms with Gasteiger partial charge in [-0.05, 0) is 25.5 Å². The molecule has 1 aliphatic rings. The standard InChI is InChI=1S/C23H31N7O3S/c1-5-30-19(13-15(14-25)20(31)27-12-10-24)34-16(21(30)32)9-11-26-17-7-6-8-18(28-17)29-22(33)23(2,3)4/h6-8,15-16,19H,5,9,11-13H2,1-4H3,(H,27,31)(H2,26,28,29,33). The van der Waals surface area contributed by atoms with E-state index in [1.165, 1.54) is 11.8 Å². The Labute approximate surface area is 204 Å². The van der Waals surface area contributed by atoms with Crippen LogP contribution in [0.15, 0.2) is 18.2 Å². The van der Waals surface area contributed by atoms with E-state index in [-0.39, 0.29) is 35.4 Å². The number of aromatic nitrogens is 1. The number of nitrogens with zero attached hydrogens (tertiary/aromatic N) is 4. The van der Waals surface area contributed by atoms with Crippen LogP contribution in [0.25, 0.3) is 0 Å². The summed E-state index contributed by atoms with van der Waals surface area (Å²) >= 11 is 1.45. The van der Waals surface area contributed by atoms with Crippen LogP contribution in [0.5, 0.6) is 0 Å². The molecule has 1 fully saturated rings. The molecule has 1 saturated heterocycles. The van der Waals surface area contributed by atoms with E-state index in [0.29, 0.717) is 31.1 Å². The van der Waals surface area contributed by atoms with E-state index >= 15 is 0 Å². The molecule has 34 heavy (non-hydrogen) atoms. The predicted molar refractivity (Wildman–Crippen MR) is 130 cm³/mol. The average molecular weight is 486 g/mol. The molecule has 182 valence electrons. The number of thioether (sulfide) groups is 1. The Morgan fingerprint density at radius 1 is 1.26 bits per heavy atom. The molecular formula is C23H31N7O3S. The maximum absolute atomic E-state index is 12.9. The summed E-state index contributed by atoms with van der Waals surface area (Å²) in [5.41, 5.74) is -0.534. The Hall–Kier alpha value is -3.31. The normalized spacial score (nSPS) is 18.5. The molecule has 0 saturated carbocycles. The van der Waals surface area contributed by atoms with Crippen molar-refractivity contribution in [2.45, 2.75) is 51.2 Å². The molecule has 2 heterocycles. The molecule has 2 rings (SSSR count). The second-order valence-corrected chi connectivity index (χ2v) is 10.2. The number of anilines is 2. The van der Waals surface area contributed by atoms with E-state index in [9.17, 15) is 19.6 Å². The molecule has 10 nitrogen and oxygen atoms in total. The highest BCUT2D eigenvalue weighted by atomic mass is 32.2. The summed E-state index contributed by atoms with van der Waals surface area (Å²) in [6.45, 7) is 8.15. The Morgan fingerprint density at radius 3 is 2.59 bits per heavy atom. The lowest BCUT2D eigenvalue weighted by Crippen LogP contribution is -2.38. The van der Waals surface area contributed by atoms with E-state index in [2.05, 4.69) is 20.9 Å². The molecule has 1 aromatic rings. The minimum atomic E-state index is -0.931. The number of rotatable bonds is 10. The largest absolute Gasteiger partial charge is 0.370 e. The molecular weight excluding hydrogens is 454 g/mol. The smallest absolute Gasteiger partial charge is 0.238 e. The van der Waals surface area contributed by atoms with Crippen molar-refractivity contribution < 1.29 is 14.4 Å². The van der Waals surface area contributed by atoms with E-state index in [4.69, 9.17) is 5.26 Å². The predicted octanol–water partition coefficient (Wildman–Crippen LogP) is 2.33. The maximum Gasteiger partial charge on any atom is 0.238 e. The molecule has 1 aromatic heterocycles. The third-order valence-electron chi connectivity index (χ3n) is 5.20. The van der Waals surface area contributed by atoms with Crippen LogP contribution in [-0.4, -0.2) is 57.9 Å². The van der Waals surface area contributed by atoms with Crippen molar-refractivity contribution in [1.29, 1.82) is 10.5 Å². The zero-order valence-corrected chi connectivity index (χ0v) is 20.7. The topological polar surface area (TPSA) is 151 Å². The number of hydrogen-bond acceptors (Lipinski definition) is 8. The van der Waals surface area contributed by atoms with Crippen LogP contribution in [0.2, 0.25) is 0 Å². The van der Waals surface area contributed by atoms with Crippen LogP contribution in [0, 0.1) is 34.0 Å². The summed E-state index contributed by atoms with van der Waals surface area (Å²) in [6, 6.07) is 9.09. The lowest BCUT2D eigenvalue weighted by Gasteiger charge is -2.23. The summed E-state index contributed by atoms with van der Waals surface area (Å²) < 4.78 is 0. The summed E-state index contributed by atoms with van der Waals surface area (Å²) in [4.78, 5) is 43.2. The van der Waals surface area contributed by atoms with Crippen molar-refractivity contribution >= 4 is 41.1 Å². The van der Waals surface area contributed by atoms with Gasteiger partial charge in [0.2, 0.25) is 17.7 Å². The van der Waals surface area contributed by atoms with E-state index < -0.39 is 17.2 Å². The summed E-state index contributed by atoms with van der Waals surface area (Å²) in [5, 5.41) is 25.8. The minimum absolute atomic E-state index is 0.0208. The minimum Gasteiger partial charge on any atom is -0.370 e. The van der Waals surface area contributed by atoms with Gasteiger partial charge >= 0.3 is 0 Å². The lowest BCUT2D eigenvalue weighted by atomic mass is 9.96. The second-order valence-electron chi connectivity index (χ2n) is 8.82. The maximum atomic E-state index is 12.9. The van der Waals surface area contributed by atoms with Gasteiger partial charge in [-0.2, -0.15) is 10.5 Å². The molecule has 3 unspecified atom stereocenters. The highest BCUT2D eigenvalue weighted by molar-refractivity contribution is 8.01. The fourth-order valence-corrected chi connectivity index (χ4v) is 4.88. The second kappa shape index (κ2) is 12.2. The molecule has 0 spiro atoms. The van der Waals surface area contributed by atoms with Crippen molar-refractivity contribution in [3.8, 4) is 12.1 Å². The summed E-state index contributed by atoms with van der Waals surface area (Å²) in [6.07, 6.45) is 0.744. The third kappa shape index (κ3) is 7.35. The summed E-state index contributed by atoms with van der Waals surface area (Å²) in [7, 11) is 0. The van der Waals surface area contributed by atoms with Crippen LogP contribution in [-0.2, 0) is 14.4 Å². The van der Waals surface area contributed by atoms with Gasteiger partial charge in [0.1, 0.15) is 24.1 Å². The number of carbonyl (C=O) groups is 3. The molecule has 0 bridgehead atoms. The van der Waals surface area contributed by atoms with Gasteiger partial charge < -0.3 is 20.9 Å². The molecule has 0 aliphatic carbocycles. The molecule has 3 N–H and O–H groups in total. The van der Waals surface area contributed by atoms with Gasteiger partial charge in [0, 0.05) is 24.9 Å². The van der Waals surface area contributed by atoms with Crippen molar-refractivity contribution in [2.24, 2.45) is 11.3 Å². The van der Waals surface area contributed by atoms with Gasteiger partial charge in [-0.15, -0.1) is 11.8 Å². The van der Waals surface area contributed by atoms with Gasteiger partial charge in [-0.1, -0.05) is 26.8 Å². The first-order valence-corrected chi connectivity index (χ1v) is 12.1. The Bertz CT molecular complexity index is 980. The number of pyridine rings is 1. The van der Waals surface area contributed by atoms with E-state index in [0.717, 1.165) is 0 Å². The van der Waals surface area contributed by atoms with Crippen LogP contribution < -0.4 is 16.0 Å². The molecule has 11 heteroatoms. The Kier molecular flexibility index (Phi) is 9.69. The van der Waals surface area contributed by atoms with Gasteiger partial charge in [-0.3, -0.25) is 14.4 Å². The van der Waals surface area contributed by atoms with Crippen LogP contribution in [0.1, 0.15) is 40.5 Å². The quantitative estimate of drug-likeness (QED) is 0.427. The van der Waals surface area contributed by atoms with Gasteiger partial charge in [-0.25, -0.2) is 4.98 Å². The first kappa shape index (κ1) is 26.9. The lowest BCUT2D eigenvalue weighted by molar-refractivity contribution is -0.131. The number of carbonyl (C=O) groups excluding carboxylic acids is 3. The van der Waals surface area contributed by atoms with Gasteiger partial charge in [0.05, 0.1) is 22.8 Å². The Morgan fingerprint density at radius 2 is 1.97 bits per heavy atom. The Balaban J connectivity index is 1.93. The highest BCUT2D eigenvalue weighted by Gasteiger charge is 2.40. The van der Waals surface area contributed by atoms with Gasteiger partial charge in [0.15, 0.2) is 0 Å². The first-order valence-electron chi connectivity index (χ1n) is 11.1. The van der Waals surface area contributed by atoms with Crippen molar-refractivity contribution in [3.05, 3.63) is 18.2 Å². The van der Waals surface area contributed by atoms with Crippen LogP contribution >= 0.6 is 11.8 Å². The highest BCUT2D eigenvalue weighted by Crippen LogP contribution is 2.36. The number of nitrogens with one attached hydrogen (secondary N) is 3. The fourth-order valence-electron chi connectivity index (χ4n) is 3.29. The fraction of sp³-hybridized carbons (Fsp3) is 0.565. The number of hydrogen-bond donors (Lipinski definition) is 3. The van der Waals surface area contributed by atoms with E-state index in [1.807, 2.05) is 39.8 Å². The zero-order chi connectivity index (χ0) is 25.3. The number of amides is 3. The molecule has 1 aliphatic heterocycles. The number of nitriles is 2. The van der Waals surface area contributed by atoms with Crippen molar-refractivity contribution in [1.82, 2.24) is 15.2 Å². The summed E-state index contributed by atoms with van der Waals surface area (Å²) in [5.74, 6) is -0.543. The third-order valence-corrected chi connectivity index (χ3v) is 6.73. The first-order chi connectivity index (χ1) is 16.1. The van der Waals surface area contributed by atoms with Gasteiger partial charge in [0.25, 0.3) is 0 Å². The molecule has 3 atom stereocenters. The van der Waals surface area contributed by atoms with Crippen LogP contribution in [0.3, 0.4) is 0 Å². The molecule has 3 amide bonds. The molecule has 0 radical (unpaired) electrons. The SMILES string of the molecule is CCN1C(=O)C(CCNc2cccc(NC(=O)C(C)(C)C)n2)SC1CC(C#N)C(=O)NCC#N. The van der Waals surface area contributed by atoms with Crippen molar-refractivity contribution in [3.63, 3.8) is 0 Å². The van der Waals surface area contributed by atoms with E-state index in [1.54, 1.807) is 23.1 Å². The van der Waals surface area contributed by atoms with Crippen molar-refractivity contribution in [2.75, 3.05) is 30.3 Å². The average Bonchev–Trinajstić information content (AvgIpc) is 3.09. The van der Waals surface area contributed by atoms with Crippen LogP contribution in [0.4, 0.5) is 11.6 Å². The monoisotopic (exact) mass is 485 g/mol. The zero-order valence-electron chi connectivity index (χ0n) is 19.9.